The third-order valence-corrected chi connectivity index (χ3v) is 1.67. The van der Waals surface area contributed by atoms with Gasteiger partial charge in [0.25, 0.3) is 0 Å². The third-order valence-electron chi connectivity index (χ3n) is 1.67. The van der Waals surface area contributed by atoms with E-state index in [9.17, 15) is 4.79 Å². The lowest BCUT2D eigenvalue weighted by atomic mass is 10.1. The van der Waals surface area contributed by atoms with Crippen molar-refractivity contribution in [3.05, 3.63) is 42.0 Å². The molecular weight excluding hydrogens is 180 g/mol. The van der Waals surface area contributed by atoms with Gasteiger partial charge in [0.2, 0.25) is 0 Å². The fourth-order valence-electron chi connectivity index (χ4n) is 0.988. The Kier molecular flexibility index (Phi) is 3.88. The Morgan fingerprint density at radius 1 is 1.57 bits per heavy atom. The van der Waals surface area contributed by atoms with Crippen LogP contribution in [-0.4, -0.2) is 19.9 Å². The second-order valence-electron chi connectivity index (χ2n) is 2.67. The molecule has 1 aromatic rings. The molecule has 0 saturated heterocycles. The Labute approximate surface area is 83.0 Å². The highest BCUT2D eigenvalue weighted by atomic mass is 16.7. The molecule has 0 amide bonds. The summed E-state index contributed by atoms with van der Waals surface area (Å²) in [7, 11) is 1.47. The van der Waals surface area contributed by atoms with Gasteiger partial charge >= 0.3 is 5.97 Å². The molecule has 0 fully saturated rings. The molecule has 1 aromatic carbocycles. The zero-order chi connectivity index (χ0) is 10.4. The molecule has 0 radical (unpaired) electrons. The number of benzene rings is 1. The van der Waals surface area contributed by atoms with Crippen LogP contribution in [0.1, 0.15) is 15.9 Å². The van der Waals surface area contributed by atoms with Crippen molar-refractivity contribution in [2.75, 3.05) is 13.9 Å². The van der Waals surface area contributed by atoms with Crippen molar-refractivity contribution in [2.45, 2.75) is 0 Å². The van der Waals surface area contributed by atoms with Gasteiger partial charge in [-0.3, -0.25) is 0 Å². The monoisotopic (exact) mass is 192 g/mol. The maximum Gasteiger partial charge on any atom is 0.340 e. The van der Waals surface area contributed by atoms with Crippen molar-refractivity contribution < 1.29 is 14.3 Å². The molecule has 3 heteroatoms. The van der Waals surface area contributed by atoms with Gasteiger partial charge in [0.1, 0.15) is 0 Å². The van der Waals surface area contributed by atoms with E-state index in [0.717, 1.165) is 5.56 Å². The van der Waals surface area contributed by atoms with Gasteiger partial charge in [-0.25, -0.2) is 4.79 Å². The van der Waals surface area contributed by atoms with Gasteiger partial charge in [-0.1, -0.05) is 24.8 Å². The largest absolute Gasteiger partial charge is 0.435 e. The van der Waals surface area contributed by atoms with Crippen LogP contribution >= 0.6 is 0 Å². The topological polar surface area (TPSA) is 35.5 Å². The first kappa shape index (κ1) is 10.5. The van der Waals surface area contributed by atoms with Crippen LogP contribution in [0.25, 0.3) is 6.08 Å². The second kappa shape index (κ2) is 5.19. The van der Waals surface area contributed by atoms with Crippen LogP contribution in [0.4, 0.5) is 0 Å². The Hall–Kier alpha value is -1.61. The van der Waals surface area contributed by atoms with Crippen molar-refractivity contribution in [1.82, 2.24) is 0 Å². The molecular formula is C11H12O3. The number of hydrogen-bond acceptors (Lipinski definition) is 3. The molecule has 0 heterocycles. The molecule has 14 heavy (non-hydrogen) atoms. The van der Waals surface area contributed by atoms with Gasteiger partial charge in [0, 0.05) is 7.11 Å². The zero-order valence-electron chi connectivity index (χ0n) is 8.03. The Balaban J connectivity index is 2.74. The maximum absolute atomic E-state index is 11.3. The van der Waals surface area contributed by atoms with Crippen LogP contribution in [0.5, 0.6) is 0 Å². The normalized spacial score (nSPS) is 9.50. The second-order valence-corrected chi connectivity index (χ2v) is 2.67. The molecule has 0 aromatic heterocycles. The molecule has 1 rings (SSSR count). The molecule has 3 nitrogen and oxygen atoms in total. The Bertz CT molecular complexity index is 331. The summed E-state index contributed by atoms with van der Waals surface area (Å²) in [5, 5.41) is 0. The number of esters is 1. The molecule has 0 saturated carbocycles. The molecule has 0 aliphatic heterocycles. The summed E-state index contributed by atoms with van der Waals surface area (Å²) in [5.41, 5.74) is 1.39. The van der Waals surface area contributed by atoms with Crippen LogP contribution in [0.15, 0.2) is 30.8 Å². The highest BCUT2D eigenvalue weighted by Crippen LogP contribution is 2.07. The summed E-state index contributed by atoms with van der Waals surface area (Å²) >= 11 is 0. The average molecular weight is 192 g/mol. The summed E-state index contributed by atoms with van der Waals surface area (Å²) < 4.78 is 9.41. The van der Waals surface area contributed by atoms with Gasteiger partial charge in [0.05, 0.1) is 5.56 Å². The smallest absolute Gasteiger partial charge is 0.340 e. The summed E-state index contributed by atoms with van der Waals surface area (Å²) in [6.07, 6.45) is 1.67. The van der Waals surface area contributed by atoms with E-state index in [1.54, 1.807) is 24.3 Å². The number of methoxy groups -OCH3 is 1. The SMILES string of the molecule is C=Cc1cccc(C(=O)OCOC)c1. The van der Waals surface area contributed by atoms with E-state index >= 15 is 0 Å². The minimum absolute atomic E-state index is 0.0306. The summed E-state index contributed by atoms with van der Waals surface area (Å²) in [4.78, 5) is 11.3. The molecule has 0 atom stereocenters. The standard InChI is InChI=1S/C11H12O3/c1-3-9-5-4-6-10(7-9)11(12)14-8-13-2/h3-7H,1,8H2,2H3. The molecule has 0 spiro atoms. The first-order valence-corrected chi connectivity index (χ1v) is 4.16. The minimum Gasteiger partial charge on any atom is -0.435 e. The summed E-state index contributed by atoms with van der Waals surface area (Å²) in [6, 6.07) is 7.04. The predicted octanol–water partition coefficient (Wildman–Crippen LogP) is 2.09. The first-order chi connectivity index (χ1) is 6.77. The van der Waals surface area contributed by atoms with E-state index in [-0.39, 0.29) is 6.79 Å². The molecule has 0 aliphatic rings. The zero-order valence-corrected chi connectivity index (χ0v) is 8.03. The van der Waals surface area contributed by atoms with Crippen molar-refractivity contribution >= 4 is 12.0 Å². The molecule has 0 aliphatic carbocycles. The first-order valence-electron chi connectivity index (χ1n) is 4.16. The van der Waals surface area contributed by atoms with Crippen LogP contribution in [0.2, 0.25) is 0 Å². The Morgan fingerprint density at radius 3 is 3.00 bits per heavy atom. The van der Waals surface area contributed by atoms with Gasteiger partial charge in [-0.05, 0) is 17.7 Å². The summed E-state index contributed by atoms with van der Waals surface area (Å²) in [5.74, 6) is -0.393. The summed E-state index contributed by atoms with van der Waals surface area (Å²) in [6.45, 7) is 3.59. The number of ether oxygens (including phenoxy) is 2. The van der Waals surface area contributed by atoms with Crippen molar-refractivity contribution in [2.24, 2.45) is 0 Å². The third kappa shape index (κ3) is 2.71. The minimum atomic E-state index is -0.393. The van der Waals surface area contributed by atoms with Crippen LogP contribution < -0.4 is 0 Å². The van der Waals surface area contributed by atoms with Crippen molar-refractivity contribution in [3.63, 3.8) is 0 Å². The number of carbonyl (C=O) groups is 1. The van der Waals surface area contributed by atoms with Gasteiger partial charge < -0.3 is 9.47 Å². The van der Waals surface area contributed by atoms with Crippen LogP contribution in [0, 0.1) is 0 Å². The lowest BCUT2D eigenvalue weighted by Gasteiger charge is -2.03. The van der Waals surface area contributed by atoms with E-state index in [1.165, 1.54) is 7.11 Å². The average Bonchev–Trinajstić information content (AvgIpc) is 2.26. The van der Waals surface area contributed by atoms with Crippen LogP contribution in [0.3, 0.4) is 0 Å². The number of carbonyl (C=O) groups excluding carboxylic acids is 1. The van der Waals surface area contributed by atoms with E-state index in [1.807, 2.05) is 6.07 Å². The quantitative estimate of drug-likeness (QED) is 0.541. The fourth-order valence-corrected chi connectivity index (χ4v) is 0.988. The van der Waals surface area contributed by atoms with E-state index in [0.29, 0.717) is 5.56 Å². The van der Waals surface area contributed by atoms with Crippen molar-refractivity contribution in [3.8, 4) is 0 Å². The van der Waals surface area contributed by atoms with Gasteiger partial charge in [-0.2, -0.15) is 0 Å². The molecule has 0 bridgehead atoms. The molecule has 0 N–H and O–H groups in total. The number of rotatable bonds is 4. The highest BCUT2D eigenvalue weighted by Gasteiger charge is 2.05. The predicted molar refractivity (Wildman–Crippen MR) is 53.8 cm³/mol. The van der Waals surface area contributed by atoms with Gasteiger partial charge in [-0.15, -0.1) is 0 Å². The Morgan fingerprint density at radius 2 is 2.36 bits per heavy atom. The van der Waals surface area contributed by atoms with Crippen molar-refractivity contribution in [1.29, 1.82) is 0 Å². The molecule has 0 unspecified atom stereocenters. The lowest BCUT2D eigenvalue weighted by Crippen LogP contribution is -2.07. The number of hydrogen-bond donors (Lipinski definition) is 0. The van der Waals surface area contributed by atoms with E-state index in [2.05, 4.69) is 11.3 Å². The lowest BCUT2D eigenvalue weighted by molar-refractivity contribution is -0.0125. The molecule has 74 valence electrons. The van der Waals surface area contributed by atoms with E-state index < -0.39 is 5.97 Å². The highest BCUT2D eigenvalue weighted by molar-refractivity contribution is 5.90. The fraction of sp³-hybridized carbons (Fsp3) is 0.182. The van der Waals surface area contributed by atoms with Gasteiger partial charge in [0.15, 0.2) is 6.79 Å². The van der Waals surface area contributed by atoms with Crippen LogP contribution in [-0.2, 0) is 9.47 Å². The maximum atomic E-state index is 11.3. The van der Waals surface area contributed by atoms with E-state index in [4.69, 9.17) is 4.74 Å².